The van der Waals surface area contributed by atoms with E-state index in [0.717, 1.165) is 16.7 Å². The summed E-state index contributed by atoms with van der Waals surface area (Å²) in [6.07, 6.45) is -4.64. The summed E-state index contributed by atoms with van der Waals surface area (Å²) < 4.78 is 65.1. The second-order valence-corrected chi connectivity index (χ2v) is 8.27. The van der Waals surface area contributed by atoms with Crippen LogP contribution < -0.4 is 11.1 Å². The fourth-order valence-electron chi connectivity index (χ4n) is 3.40. The van der Waals surface area contributed by atoms with Crippen LogP contribution in [0.4, 0.5) is 13.2 Å². The molecule has 11 heteroatoms. The summed E-state index contributed by atoms with van der Waals surface area (Å²) >= 11 is 0. The molecule has 7 nitrogen and oxygen atoms in total. The molecule has 0 aliphatic carbocycles. The first-order valence-corrected chi connectivity index (χ1v) is 10.00. The Morgan fingerprint density at radius 2 is 1.85 bits per heavy atom. The lowest BCUT2D eigenvalue weighted by atomic mass is 9.99. The van der Waals surface area contributed by atoms with Crippen LogP contribution in [0.3, 0.4) is 0 Å². The second-order valence-electron chi connectivity index (χ2n) is 6.05. The molecule has 0 amide bonds. The van der Waals surface area contributed by atoms with Crippen LogP contribution >= 0.6 is 7.60 Å². The maximum Gasteiger partial charge on any atom is 0.416 e. The number of aromatic nitrogens is 2. The molecule has 1 aliphatic rings. The molecule has 3 rings (SSSR count). The average molecular weight is 406 g/mol. The molecule has 1 atom stereocenters. The van der Waals surface area contributed by atoms with Crippen molar-refractivity contribution in [3.63, 3.8) is 0 Å². The minimum Gasteiger partial charge on any atom is -0.316 e. The van der Waals surface area contributed by atoms with Crippen LogP contribution in [0.15, 0.2) is 21.7 Å². The van der Waals surface area contributed by atoms with E-state index in [4.69, 9.17) is 9.05 Å². The Kier molecular flexibility index (Phi) is 5.09. The molecule has 1 aromatic carbocycles. The van der Waals surface area contributed by atoms with E-state index in [9.17, 15) is 27.3 Å². The number of aryl methyl sites for hydroxylation is 1. The van der Waals surface area contributed by atoms with E-state index in [1.165, 1.54) is 0 Å². The maximum atomic E-state index is 13.4. The first-order chi connectivity index (χ1) is 12.6. The minimum atomic E-state index is -4.69. The molecule has 1 unspecified atom stereocenters. The molecule has 0 bridgehead atoms. The number of aromatic amines is 1. The molecule has 27 heavy (non-hydrogen) atoms. The lowest BCUT2D eigenvalue weighted by molar-refractivity contribution is -0.137. The van der Waals surface area contributed by atoms with Gasteiger partial charge in [0.2, 0.25) is 0 Å². The number of hydrogen-bond donors (Lipinski definition) is 1. The first-order valence-electron chi connectivity index (χ1n) is 8.39. The summed E-state index contributed by atoms with van der Waals surface area (Å²) in [5.74, 6) is 0. The third-order valence-corrected chi connectivity index (χ3v) is 6.95. The quantitative estimate of drug-likeness (QED) is 0.607. The molecular weight excluding hydrogens is 388 g/mol. The van der Waals surface area contributed by atoms with Gasteiger partial charge in [-0.3, -0.25) is 14.2 Å². The number of alkyl halides is 3. The molecule has 0 saturated carbocycles. The molecular formula is C16H18F3N2O5P. The highest BCUT2D eigenvalue weighted by Crippen LogP contribution is 2.64. The zero-order chi connectivity index (χ0) is 20.0. The van der Waals surface area contributed by atoms with Gasteiger partial charge in [0.05, 0.1) is 35.5 Å². The summed E-state index contributed by atoms with van der Waals surface area (Å²) in [6, 6.07) is 1.62. The highest BCUT2D eigenvalue weighted by molar-refractivity contribution is 7.54. The predicted molar refractivity (Wildman–Crippen MR) is 92.0 cm³/mol. The van der Waals surface area contributed by atoms with Crippen LogP contribution in [-0.2, 0) is 26.3 Å². The third kappa shape index (κ3) is 3.37. The van der Waals surface area contributed by atoms with Crippen molar-refractivity contribution in [2.75, 3.05) is 13.2 Å². The average Bonchev–Trinajstić information content (AvgIpc) is 2.58. The Balaban J connectivity index is 2.37. The van der Waals surface area contributed by atoms with E-state index in [2.05, 4.69) is 4.98 Å². The molecule has 148 valence electrons. The Morgan fingerprint density at radius 1 is 1.22 bits per heavy atom. The molecule has 0 fully saturated rings. The van der Waals surface area contributed by atoms with E-state index in [0.29, 0.717) is 0 Å². The van der Waals surface area contributed by atoms with Gasteiger partial charge in [-0.25, -0.2) is 0 Å². The number of H-pyrrole nitrogens is 1. The Labute approximate surface area is 151 Å². The van der Waals surface area contributed by atoms with Crippen LogP contribution in [0.2, 0.25) is 0 Å². The highest BCUT2D eigenvalue weighted by atomic mass is 31.2. The normalized spacial score (nSPS) is 17.4. The summed E-state index contributed by atoms with van der Waals surface area (Å²) in [7, 11) is -3.78. The van der Waals surface area contributed by atoms with Crippen LogP contribution in [0, 0.1) is 0 Å². The fourth-order valence-corrected chi connectivity index (χ4v) is 5.52. The van der Waals surface area contributed by atoms with Gasteiger partial charge < -0.3 is 18.6 Å². The molecule has 0 saturated heterocycles. The van der Waals surface area contributed by atoms with Gasteiger partial charge in [0, 0.05) is 6.54 Å². The number of halogens is 3. The SMILES string of the molecule is CCOP(=O)(OCC)C1CCn2c(=O)c(=O)[nH]c3cc(C(F)(F)F)cc1c32. The van der Waals surface area contributed by atoms with Gasteiger partial charge in [-0.15, -0.1) is 0 Å². The van der Waals surface area contributed by atoms with E-state index >= 15 is 0 Å². The van der Waals surface area contributed by atoms with Crippen molar-refractivity contribution < 1.29 is 26.8 Å². The van der Waals surface area contributed by atoms with Gasteiger partial charge in [0.25, 0.3) is 0 Å². The topological polar surface area (TPSA) is 90.4 Å². The van der Waals surface area contributed by atoms with Crippen molar-refractivity contribution in [3.8, 4) is 0 Å². The van der Waals surface area contributed by atoms with Gasteiger partial charge in [0.15, 0.2) is 0 Å². The van der Waals surface area contributed by atoms with Crippen molar-refractivity contribution in [3.05, 3.63) is 44.0 Å². The Hall–Kier alpha value is -1.90. The fraction of sp³-hybridized carbons (Fsp3) is 0.500. The standard InChI is InChI=1S/C16H18F3N2O5P/c1-3-25-27(24,26-4-2)12-5-6-21-13-10(12)7-9(16(17,18)19)8-11(13)20-14(22)15(21)23/h7-8,12H,3-6H2,1-2H3,(H,20,22). The summed E-state index contributed by atoms with van der Waals surface area (Å²) in [5.41, 5.74) is -3.89. The van der Waals surface area contributed by atoms with Gasteiger partial charge in [-0.1, -0.05) is 0 Å². The highest BCUT2D eigenvalue weighted by Gasteiger charge is 2.42. The van der Waals surface area contributed by atoms with Gasteiger partial charge >= 0.3 is 24.9 Å². The molecule has 2 heterocycles. The van der Waals surface area contributed by atoms with Crippen LogP contribution in [0.25, 0.3) is 11.0 Å². The van der Waals surface area contributed by atoms with Crippen LogP contribution in [0.5, 0.6) is 0 Å². The van der Waals surface area contributed by atoms with Gasteiger partial charge in [-0.05, 0) is 38.0 Å². The van der Waals surface area contributed by atoms with Crippen molar-refractivity contribution in [2.24, 2.45) is 0 Å². The van der Waals surface area contributed by atoms with Gasteiger partial charge in [0.1, 0.15) is 0 Å². The monoisotopic (exact) mass is 406 g/mol. The Bertz CT molecular complexity index is 1030. The summed E-state index contributed by atoms with van der Waals surface area (Å²) in [6.45, 7) is 3.33. The number of benzene rings is 1. The van der Waals surface area contributed by atoms with E-state index in [1.807, 2.05) is 0 Å². The zero-order valence-corrected chi connectivity index (χ0v) is 15.5. The number of rotatable bonds is 5. The smallest absolute Gasteiger partial charge is 0.316 e. The number of nitrogens with one attached hydrogen (secondary N) is 1. The lowest BCUT2D eigenvalue weighted by Crippen LogP contribution is -2.38. The predicted octanol–water partition coefficient (Wildman–Crippen LogP) is 3.42. The number of hydrogen-bond acceptors (Lipinski definition) is 5. The first kappa shape index (κ1) is 19.9. The summed E-state index contributed by atoms with van der Waals surface area (Å²) in [4.78, 5) is 26.2. The van der Waals surface area contributed by atoms with Crippen molar-refractivity contribution >= 4 is 18.6 Å². The Morgan fingerprint density at radius 3 is 2.41 bits per heavy atom. The molecule has 2 aromatic rings. The van der Waals surface area contributed by atoms with Crippen molar-refractivity contribution in [1.82, 2.24) is 9.55 Å². The third-order valence-electron chi connectivity index (χ3n) is 4.41. The molecule has 1 N–H and O–H groups in total. The van der Waals surface area contributed by atoms with E-state index < -0.39 is 36.1 Å². The van der Waals surface area contributed by atoms with E-state index in [-0.39, 0.29) is 42.8 Å². The van der Waals surface area contributed by atoms with E-state index in [1.54, 1.807) is 13.8 Å². The van der Waals surface area contributed by atoms with Crippen LogP contribution in [-0.4, -0.2) is 22.8 Å². The zero-order valence-electron chi connectivity index (χ0n) is 14.6. The largest absolute Gasteiger partial charge is 0.416 e. The molecule has 1 aliphatic heterocycles. The second kappa shape index (κ2) is 6.92. The minimum absolute atomic E-state index is 0.0182. The number of nitrogens with zero attached hydrogens (tertiary/aromatic N) is 1. The molecule has 1 aromatic heterocycles. The lowest BCUT2D eigenvalue weighted by Gasteiger charge is -2.32. The molecule has 0 spiro atoms. The van der Waals surface area contributed by atoms with Crippen LogP contribution in [0.1, 0.15) is 37.1 Å². The van der Waals surface area contributed by atoms with Crippen molar-refractivity contribution in [2.45, 2.75) is 38.6 Å². The van der Waals surface area contributed by atoms with Crippen molar-refractivity contribution in [1.29, 1.82) is 0 Å². The maximum absolute atomic E-state index is 13.4. The molecule has 0 radical (unpaired) electrons. The summed E-state index contributed by atoms with van der Waals surface area (Å²) in [5, 5.41) is 0. The van der Waals surface area contributed by atoms with Gasteiger partial charge in [-0.2, -0.15) is 13.2 Å².